The molecule has 100 valence electrons. The lowest BCUT2D eigenvalue weighted by atomic mass is 10.1. The molecule has 4 nitrogen and oxygen atoms in total. The first-order chi connectivity index (χ1) is 8.04. The molecule has 4 heteroatoms. The van der Waals surface area contributed by atoms with Crippen LogP contribution in [0, 0.1) is 5.92 Å². The molecule has 1 aliphatic carbocycles. The van der Waals surface area contributed by atoms with Gasteiger partial charge in [-0.3, -0.25) is 9.69 Å². The van der Waals surface area contributed by atoms with Gasteiger partial charge in [-0.15, -0.1) is 0 Å². The third kappa shape index (κ3) is 4.64. The van der Waals surface area contributed by atoms with Crippen molar-refractivity contribution in [3.8, 4) is 0 Å². The molecule has 0 spiro atoms. The van der Waals surface area contributed by atoms with E-state index in [0.29, 0.717) is 18.5 Å². The second-order valence-electron chi connectivity index (χ2n) is 5.47. The van der Waals surface area contributed by atoms with E-state index in [2.05, 4.69) is 24.1 Å². The maximum Gasteiger partial charge on any atom is 0.322 e. The smallest absolute Gasteiger partial charge is 0.322 e. The summed E-state index contributed by atoms with van der Waals surface area (Å²) in [6.45, 7) is 6.00. The van der Waals surface area contributed by atoms with E-state index in [9.17, 15) is 4.79 Å². The summed E-state index contributed by atoms with van der Waals surface area (Å²) in [4.78, 5) is 13.4. The van der Waals surface area contributed by atoms with Gasteiger partial charge in [0.05, 0.1) is 0 Å². The Hall–Kier alpha value is -0.610. The van der Waals surface area contributed by atoms with E-state index < -0.39 is 12.0 Å². The van der Waals surface area contributed by atoms with Crippen molar-refractivity contribution in [2.75, 3.05) is 20.1 Å². The van der Waals surface area contributed by atoms with Gasteiger partial charge < -0.3 is 10.4 Å². The predicted molar refractivity (Wildman–Crippen MR) is 69.2 cm³/mol. The third-order valence-electron chi connectivity index (χ3n) is 3.50. The van der Waals surface area contributed by atoms with Crippen LogP contribution in [0.3, 0.4) is 0 Å². The number of hydrogen-bond donors (Lipinski definition) is 2. The highest BCUT2D eigenvalue weighted by Crippen LogP contribution is 2.24. The zero-order chi connectivity index (χ0) is 12.8. The number of nitrogens with one attached hydrogen (secondary N) is 1. The average molecular weight is 242 g/mol. The van der Waals surface area contributed by atoms with Crippen molar-refractivity contribution in [1.29, 1.82) is 0 Å². The van der Waals surface area contributed by atoms with Crippen molar-refractivity contribution in [2.24, 2.45) is 5.92 Å². The molecule has 1 atom stereocenters. The molecular formula is C13H26N2O2. The number of nitrogens with zero attached hydrogens (tertiary/aromatic N) is 1. The van der Waals surface area contributed by atoms with Gasteiger partial charge in [0, 0.05) is 19.1 Å². The van der Waals surface area contributed by atoms with Crippen molar-refractivity contribution in [2.45, 2.75) is 51.6 Å². The first-order valence-electron chi connectivity index (χ1n) is 6.68. The second kappa shape index (κ2) is 6.97. The van der Waals surface area contributed by atoms with Gasteiger partial charge >= 0.3 is 5.97 Å². The quantitative estimate of drug-likeness (QED) is 0.711. The Bertz CT molecular complexity index is 238. The second-order valence-corrected chi connectivity index (χ2v) is 5.47. The summed E-state index contributed by atoms with van der Waals surface area (Å²) in [5.41, 5.74) is 0. The van der Waals surface area contributed by atoms with Crippen LogP contribution < -0.4 is 5.32 Å². The highest BCUT2D eigenvalue weighted by molar-refractivity contribution is 5.73. The molecule has 0 aromatic carbocycles. The first kappa shape index (κ1) is 14.5. The summed E-state index contributed by atoms with van der Waals surface area (Å²) in [7, 11) is 1.72. The molecule has 0 radical (unpaired) electrons. The molecule has 1 fully saturated rings. The maximum absolute atomic E-state index is 11.1. The van der Waals surface area contributed by atoms with E-state index in [1.54, 1.807) is 7.05 Å². The van der Waals surface area contributed by atoms with Gasteiger partial charge in [-0.25, -0.2) is 0 Å². The Balaban J connectivity index is 2.58. The van der Waals surface area contributed by atoms with Crippen LogP contribution in [0.1, 0.15) is 39.5 Å². The summed E-state index contributed by atoms with van der Waals surface area (Å²) >= 11 is 0. The minimum absolute atomic E-state index is 0.450. The van der Waals surface area contributed by atoms with Crippen LogP contribution in [0.5, 0.6) is 0 Å². The molecule has 0 heterocycles. The summed E-state index contributed by atoms with van der Waals surface area (Å²) in [6.07, 6.45) is 5.03. The summed E-state index contributed by atoms with van der Waals surface area (Å²) < 4.78 is 0. The van der Waals surface area contributed by atoms with Gasteiger partial charge in [-0.05, 0) is 25.8 Å². The van der Waals surface area contributed by atoms with Crippen LogP contribution in [-0.2, 0) is 4.79 Å². The van der Waals surface area contributed by atoms with E-state index >= 15 is 0 Å². The molecule has 1 unspecified atom stereocenters. The summed E-state index contributed by atoms with van der Waals surface area (Å²) in [5.74, 6) is -0.166. The lowest BCUT2D eigenvalue weighted by Crippen LogP contribution is -2.48. The van der Waals surface area contributed by atoms with Crippen LogP contribution in [-0.4, -0.2) is 48.2 Å². The van der Waals surface area contributed by atoms with Crippen LogP contribution in [0.4, 0.5) is 0 Å². The Morgan fingerprint density at radius 2 is 1.94 bits per heavy atom. The average Bonchev–Trinajstić information content (AvgIpc) is 2.76. The third-order valence-corrected chi connectivity index (χ3v) is 3.50. The van der Waals surface area contributed by atoms with Gasteiger partial charge in [0.15, 0.2) is 0 Å². The Morgan fingerprint density at radius 1 is 1.35 bits per heavy atom. The topological polar surface area (TPSA) is 52.6 Å². The van der Waals surface area contributed by atoms with E-state index in [1.165, 1.54) is 25.7 Å². The molecule has 17 heavy (non-hydrogen) atoms. The zero-order valence-corrected chi connectivity index (χ0v) is 11.3. The highest BCUT2D eigenvalue weighted by Gasteiger charge is 2.27. The number of carboxylic acid groups (broad SMARTS) is 1. The first-order valence-corrected chi connectivity index (χ1v) is 6.68. The van der Waals surface area contributed by atoms with E-state index in [1.807, 2.05) is 0 Å². The molecule has 0 bridgehead atoms. The normalized spacial score (nSPS) is 19.1. The molecule has 1 rings (SSSR count). The SMILES string of the molecule is CNC(CN(CC(C)C)C1CCCC1)C(=O)O. The molecule has 0 aromatic heterocycles. The molecule has 0 saturated heterocycles. The number of carbonyl (C=O) groups is 1. The molecular weight excluding hydrogens is 216 g/mol. The Kier molecular flexibility index (Phi) is 5.92. The van der Waals surface area contributed by atoms with Crippen molar-refractivity contribution < 1.29 is 9.90 Å². The van der Waals surface area contributed by atoms with E-state index in [-0.39, 0.29) is 0 Å². The standard InChI is InChI=1S/C13H26N2O2/c1-10(2)8-15(11-6-4-5-7-11)9-12(14-3)13(16)17/h10-12,14H,4-9H2,1-3H3,(H,16,17). The number of carboxylic acids is 1. The summed E-state index contributed by atoms with van der Waals surface area (Å²) in [5, 5.41) is 12.0. The van der Waals surface area contributed by atoms with Crippen LogP contribution in [0.25, 0.3) is 0 Å². The lowest BCUT2D eigenvalue weighted by molar-refractivity contribution is -0.140. The highest BCUT2D eigenvalue weighted by atomic mass is 16.4. The molecule has 2 N–H and O–H groups in total. The minimum Gasteiger partial charge on any atom is -0.480 e. The van der Waals surface area contributed by atoms with Gasteiger partial charge in [0.25, 0.3) is 0 Å². The van der Waals surface area contributed by atoms with Crippen molar-refractivity contribution in [1.82, 2.24) is 10.2 Å². The van der Waals surface area contributed by atoms with Gasteiger partial charge in [-0.1, -0.05) is 26.7 Å². The maximum atomic E-state index is 11.1. The molecule has 1 saturated carbocycles. The molecule has 0 amide bonds. The predicted octanol–water partition coefficient (Wildman–Crippen LogP) is 1.56. The zero-order valence-electron chi connectivity index (χ0n) is 11.3. The number of hydrogen-bond acceptors (Lipinski definition) is 3. The fourth-order valence-electron chi connectivity index (χ4n) is 2.64. The fourth-order valence-corrected chi connectivity index (χ4v) is 2.64. The van der Waals surface area contributed by atoms with Crippen LogP contribution >= 0.6 is 0 Å². The van der Waals surface area contributed by atoms with Crippen molar-refractivity contribution in [3.05, 3.63) is 0 Å². The van der Waals surface area contributed by atoms with Crippen molar-refractivity contribution >= 4 is 5.97 Å². The Morgan fingerprint density at radius 3 is 2.35 bits per heavy atom. The monoisotopic (exact) mass is 242 g/mol. The largest absolute Gasteiger partial charge is 0.480 e. The van der Waals surface area contributed by atoms with E-state index in [4.69, 9.17) is 5.11 Å². The lowest BCUT2D eigenvalue weighted by Gasteiger charge is -2.32. The van der Waals surface area contributed by atoms with Gasteiger partial charge in [-0.2, -0.15) is 0 Å². The minimum atomic E-state index is -0.751. The number of rotatable bonds is 7. The van der Waals surface area contributed by atoms with Crippen molar-refractivity contribution in [3.63, 3.8) is 0 Å². The Labute approximate surface area is 104 Å². The van der Waals surface area contributed by atoms with Crippen LogP contribution in [0.2, 0.25) is 0 Å². The number of likely N-dealkylation sites (N-methyl/N-ethyl adjacent to an activating group) is 1. The molecule has 0 aliphatic heterocycles. The van der Waals surface area contributed by atoms with Crippen LogP contribution in [0.15, 0.2) is 0 Å². The fraction of sp³-hybridized carbons (Fsp3) is 0.923. The summed E-state index contributed by atoms with van der Waals surface area (Å²) in [6, 6.07) is 0.141. The van der Waals surface area contributed by atoms with E-state index in [0.717, 1.165) is 6.54 Å². The van der Waals surface area contributed by atoms with Gasteiger partial charge in [0.1, 0.15) is 6.04 Å². The molecule has 1 aliphatic rings. The number of aliphatic carboxylic acids is 1. The van der Waals surface area contributed by atoms with Gasteiger partial charge in [0.2, 0.25) is 0 Å². The molecule has 0 aromatic rings.